The van der Waals surface area contributed by atoms with E-state index >= 15 is 0 Å². The zero-order valence-corrected chi connectivity index (χ0v) is 16.6. The van der Waals surface area contributed by atoms with E-state index in [2.05, 4.69) is 30.2 Å². The summed E-state index contributed by atoms with van der Waals surface area (Å²) < 4.78 is 1.99. The highest BCUT2D eigenvalue weighted by Gasteiger charge is 2.15. The SMILES string of the molecule is CC(C)c1ccccc1-n1ccnc1SCC(=O)Nc1sccc1C(N)=O. The number of nitrogens with two attached hydrogens (primary N) is 1. The van der Waals surface area contributed by atoms with Crippen LogP contribution in [0.25, 0.3) is 5.69 Å². The number of aromatic nitrogens is 2. The summed E-state index contributed by atoms with van der Waals surface area (Å²) >= 11 is 2.61. The molecule has 0 fully saturated rings. The Bertz CT molecular complexity index is 962. The second-order valence-electron chi connectivity index (χ2n) is 6.16. The lowest BCUT2D eigenvalue weighted by atomic mass is 10.0. The average Bonchev–Trinajstić information content (AvgIpc) is 3.29. The number of amides is 2. The van der Waals surface area contributed by atoms with Crippen molar-refractivity contribution < 1.29 is 9.59 Å². The van der Waals surface area contributed by atoms with Crippen molar-refractivity contribution in [2.24, 2.45) is 5.73 Å². The van der Waals surface area contributed by atoms with Gasteiger partial charge in [-0.1, -0.05) is 43.8 Å². The molecule has 1 aromatic carbocycles. The molecule has 3 N–H and O–H groups in total. The van der Waals surface area contributed by atoms with E-state index in [0.717, 1.165) is 10.8 Å². The van der Waals surface area contributed by atoms with Crippen molar-refractivity contribution in [3.63, 3.8) is 0 Å². The standard InChI is InChI=1S/C19H20N4O2S2/c1-12(2)13-5-3-4-6-15(13)23-9-8-21-19(23)27-11-16(24)22-18-14(17(20)25)7-10-26-18/h3-10,12H,11H2,1-2H3,(H2,20,25)(H,22,24). The maximum atomic E-state index is 12.3. The number of para-hydroxylation sites is 1. The molecule has 0 saturated carbocycles. The molecule has 0 spiro atoms. The van der Waals surface area contributed by atoms with E-state index in [1.807, 2.05) is 29.0 Å². The molecule has 0 aliphatic rings. The van der Waals surface area contributed by atoms with Gasteiger partial charge in [-0.25, -0.2) is 4.98 Å². The van der Waals surface area contributed by atoms with Crippen LogP contribution in [0.1, 0.15) is 35.7 Å². The molecule has 2 amide bonds. The molecule has 0 bridgehead atoms. The quantitative estimate of drug-likeness (QED) is 0.589. The van der Waals surface area contributed by atoms with Crippen LogP contribution in [0.2, 0.25) is 0 Å². The van der Waals surface area contributed by atoms with Crippen LogP contribution in [0.5, 0.6) is 0 Å². The summed E-state index contributed by atoms with van der Waals surface area (Å²) in [6.45, 7) is 4.29. The fraction of sp³-hybridized carbons (Fsp3) is 0.211. The Hall–Kier alpha value is -2.58. The summed E-state index contributed by atoms with van der Waals surface area (Å²) in [5.41, 5.74) is 7.90. The molecule has 140 valence electrons. The van der Waals surface area contributed by atoms with E-state index in [4.69, 9.17) is 5.73 Å². The summed E-state index contributed by atoms with van der Waals surface area (Å²) in [5, 5.41) is 5.67. The number of carbonyl (C=O) groups is 2. The largest absolute Gasteiger partial charge is 0.366 e. The molecule has 2 heterocycles. The molecular weight excluding hydrogens is 380 g/mol. The van der Waals surface area contributed by atoms with E-state index in [9.17, 15) is 9.59 Å². The first-order valence-electron chi connectivity index (χ1n) is 8.40. The zero-order valence-electron chi connectivity index (χ0n) is 15.0. The molecule has 0 aliphatic carbocycles. The minimum Gasteiger partial charge on any atom is -0.366 e. The highest BCUT2D eigenvalue weighted by atomic mass is 32.2. The van der Waals surface area contributed by atoms with Crippen LogP contribution in [-0.2, 0) is 4.79 Å². The number of nitrogens with zero attached hydrogens (tertiary/aromatic N) is 2. The lowest BCUT2D eigenvalue weighted by Gasteiger charge is -2.15. The molecule has 3 rings (SSSR count). The minimum absolute atomic E-state index is 0.178. The van der Waals surface area contributed by atoms with Gasteiger partial charge < -0.3 is 11.1 Å². The maximum Gasteiger partial charge on any atom is 0.251 e. The highest BCUT2D eigenvalue weighted by molar-refractivity contribution is 7.99. The van der Waals surface area contributed by atoms with Gasteiger partial charge in [-0.15, -0.1) is 11.3 Å². The Labute approximate surface area is 165 Å². The topological polar surface area (TPSA) is 90.0 Å². The summed E-state index contributed by atoms with van der Waals surface area (Å²) in [5.74, 6) is -0.218. The Balaban J connectivity index is 1.72. The Morgan fingerprint density at radius 1 is 1.30 bits per heavy atom. The number of benzene rings is 1. The molecule has 0 radical (unpaired) electrons. The number of thiophene rings is 1. The van der Waals surface area contributed by atoms with Gasteiger partial charge in [0.1, 0.15) is 5.00 Å². The van der Waals surface area contributed by atoms with E-state index in [1.165, 1.54) is 28.7 Å². The number of hydrogen-bond donors (Lipinski definition) is 2. The summed E-state index contributed by atoms with van der Waals surface area (Å²) in [6, 6.07) is 9.76. The number of nitrogens with one attached hydrogen (secondary N) is 1. The van der Waals surface area contributed by atoms with Gasteiger partial charge in [0.25, 0.3) is 5.91 Å². The van der Waals surface area contributed by atoms with Crippen LogP contribution in [0.4, 0.5) is 5.00 Å². The summed E-state index contributed by atoms with van der Waals surface area (Å²) in [4.78, 5) is 28.0. The molecule has 27 heavy (non-hydrogen) atoms. The molecule has 3 aromatic rings. The van der Waals surface area contributed by atoms with Crippen LogP contribution in [0.15, 0.2) is 53.3 Å². The van der Waals surface area contributed by atoms with E-state index in [1.54, 1.807) is 17.6 Å². The van der Waals surface area contributed by atoms with Gasteiger partial charge in [0.05, 0.1) is 17.0 Å². The number of carbonyl (C=O) groups excluding carboxylic acids is 2. The van der Waals surface area contributed by atoms with Gasteiger partial charge >= 0.3 is 0 Å². The van der Waals surface area contributed by atoms with Crippen LogP contribution < -0.4 is 11.1 Å². The fourth-order valence-corrected chi connectivity index (χ4v) is 4.24. The maximum absolute atomic E-state index is 12.3. The minimum atomic E-state index is -0.556. The second kappa shape index (κ2) is 8.41. The van der Waals surface area contributed by atoms with Crippen LogP contribution in [0.3, 0.4) is 0 Å². The first-order valence-corrected chi connectivity index (χ1v) is 10.3. The smallest absolute Gasteiger partial charge is 0.251 e. The van der Waals surface area contributed by atoms with E-state index in [0.29, 0.717) is 16.5 Å². The third-order valence-electron chi connectivity index (χ3n) is 3.94. The first-order chi connectivity index (χ1) is 13.0. The highest BCUT2D eigenvalue weighted by Crippen LogP contribution is 2.28. The van der Waals surface area contributed by atoms with Gasteiger partial charge in [-0.2, -0.15) is 0 Å². The predicted octanol–water partition coefficient (Wildman–Crippen LogP) is 3.89. The summed E-state index contributed by atoms with van der Waals surface area (Å²) in [6.07, 6.45) is 3.62. The van der Waals surface area contributed by atoms with Crippen LogP contribution in [-0.4, -0.2) is 27.1 Å². The molecule has 2 aromatic heterocycles. The predicted molar refractivity (Wildman–Crippen MR) is 110 cm³/mol. The van der Waals surface area contributed by atoms with Crippen molar-refractivity contribution in [1.82, 2.24) is 9.55 Å². The number of anilines is 1. The summed E-state index contributed by atoms with van der Waals surface area (Å²) in [7, 11) is 0. The van der Waals surface area contributed by atoms with E-state index < -0.39 is 5.91 Å². The van der Waals surface area contributed by atoms with Gasteiger partial charge in [-0.3, -0.25) is 14.2 Å². The van der Waals surface area contributed by atoms with Crippen molar-refractivity contribution in [2.75, 3.05) is 11.1 Å². The van der Waals surface area contributed by atoms with Crippen molar-refractivity contribution in [3.8, 4) is 5.69 Å². The molecule has 0 atom stereocenters. The normalized spacial score (nSPS) is 10.9. The zero-order chi connectivity index (χ0) is 19.4. The Morgan fingerprint density at radius 2 is 2.07 bits per heavy atom. The van der Waals surface area contributed by atoms with Gasteiger partial charge in [0, 0.05) is 12.4 Å². The molecule has 0 unspecified atom stereocenters. The van der Waals surface area contributed by atoms with Crippen molar-refractivity contribution in [3.05, 3.63) is 59.2 Å². The third kappa shape index (κ3) is 4.40. The van der Waals surface area contributed by atoms with Crippen molar-refractivity contribution in [2.45, 2.75) is 24.9 Å². The number of rotatable bonds is 7. The Kier molecular flexibility index (Phi) is 5.98. The lowest BCUT2D eigenvalue weighted by Crippen LogP contribution is -2.18. The van der Waals surface area contributed by atoms with Crippen LogP contribution >= 0.6 is 23.1 Å². The lowest BCUT2D eigenvalue weighted by molar-refractivity contribution is -0.113. The number of imidazole rings is 1. The molecule has 8 heteroatoms. The fourth-order valence-electron chi connectivity index (χ4n) is 2.67. The van der Waals surface area contributed by atoms with Crippen molar-refractivity contribution >= 4 is 39.9 Å². The molecule has 0 saturated heterocycles. The second-order valence-corrected chi connectivity index (χ2v) is 8.02. The third-order valence-corrected chi connectivity index (χ3v) is 5.74. The molecular formula is C19H20N4O2S2. The average molecular weight is 401 g/mol. The van der Waals surface area contributed by atoms with Gasteiger partial charge in [-0.05, 0) is 29.0 Å². The monoisotopic (exact) mass is 400 g/mol. The number of hydrogen-bond acceptors (Lipinski definition) is 5. The van der Waals surface area contributed by atoms with Gasteiger partial charge in [0.15, 0.2) is 5.16 Å². The van der Waals surface area contributed by atoms with Gasteiger partial charge in [0.2, 0.25) is 5.91 Å². The van der Waals surface area contributed by atoms with Crippen molar-refractivity contribution in [1.29, 1.82) is 0 Å². The Morgan fingerprint density at radius 3 is 2.81 bits per heavy atom. The van der Waals surface area contributed by atoms with E-state index in [-0.39, 0.29) is 11.7 Å². The number of thioether (sulfide) groups is 1. The number of primary amides is 1. The first kappa shape index (κ1) is 19.2. The molecule has 6 nitrogen and oxygen atoms in total. The molecule has 0 aliphatic heterocycles. The van der Waals surface area contributed by atoms with Crippen LogP contribution in [0, 0.1) is 0 Å².